The van der Waals surface area contributed by atoms with E-state index in [0.29, 0.717) is 24.8 Å². The fourth-order valence-corrected chi connectivity index (χ4v) is 5.60. The molecule has 0 bridgehead atoms. The van der Waals surface area contributed by atoms with Gasteiger partial charge in [-0.05, 0) is 84.2 Å². The Hall–Kier alpha value is -3.51. The molecule has 0 aliphatic rings. The van der Waals surface area contributed by atoms with Crippen molar-refractivity contribution in [3.63, 3.8) is 0 Å². The molecule has 11 nitrogen and oxygen atoms in total. The van der Waals surface area contributed by atoms with Crippen molar-refractivity contribution >= 4 is 35.0 Å². The number of benzene rings is 1. The Balaban J connectivity index is 2.07. The molecular formula is C34H53N5O6S. The van der Waals surface area contributed by atoms with Gasteiger partial charge < -0.3 is 25.7 Å². The fraction of sp³-hybridized carbons (Fsp3) is 0.618. The molecule has 1 aromatic carbocycles. The fourth-order valence-electron chi connectivity index (χ4n) is 4.81. The van der Waals surface area contributed by atoms with Gasteiger partial charge in [-0.1, -0.05) is 39.3 Å². The Bertz CT molecular complexity index is 1360. The maximum atomic E-state index is 13.6. The zero-order valence-corrected chi connectivity index (χ0v) is 29.8. The van der Waals surface area contributed by atoms with Gasteiger partial charge in [-0.3, -0.25) is 24.1 Å². The SMILES string of the molecule is CC[C@H](C)[C@H](NC(=O)C(C)(C)N(C)C)C(=O)N(C)[C@@H](C)CCc1nc(C(=O)N[C@@H](Cc2ccc(O)c(C)c2)C[C@H](C)C(=O)O)cs1. The van der Waals surface area contributed by atoms with Gasteiger partial charge in [0.25, 0.3) is 5.91 Å². The molecule has 3 amide bonds. The minimum atomic E-state index is -0.940. The molecule has 46 heavy (non-hydrogen) atoms. The number of likely N-dealkylation sites (N-methyl/N-ethyl adjacent to an activating group) is 2. The summed E-state index contributed by atoms with van der Waals surface area (Å²) in [6, 6.07) is 3.94. The monoisotopic (exact) mass is 659 g/mol. The predicted octanol–water partition coefficient (Wildman–Crippen LogP) is 4.26. The normalized spacial score (nSPS) is 15.0. The molecule has 2 rings (SSSR count). The van der Waals surface area contributed by atoms with E-state index in [4.69, 9.17) is 0 Å². The first kappa shape index (κ1) is 38.7. The van der Waals surface area contributed by atoms with Crippen molar-refractivity contribution in [2.45, 2.75) is 104 Å². The third kappa shape index (κ3) is 10.5. The average molecular weight is 660 g/mol. The van der Waals surface area contributed by atoms with Gasteiger partial charge in [-0.25, -0.2) is 4.98 Å². The Morgan fingerprint density at radius 3 is 2.28 bits per heavy atom. The summed E-state index contributed by atoms with van der Waals surface area (Å²) in [4.78, 5) is 59.5. The quantitative estimate of drug-likeness (QED) is 0.197. The highest BCUT2D eigenvalue weighted by Crippen LogP contribution is 2.21. The summed E-state index contributed by atoms with van der Waals surface area (Å²) >= 11 is 1.36. The number of phenolic OH excluding ortho intramolecular Hbond substituents is 1. The molecule has 12 heteroatoms. The summed E-state index contributed by atoms with van der Waals surface area (Å²) in [7, 11) is 5.41. The van der Waals surface area contributed by atoms with Crippen LogP contribution in [-0.2, 0) is 27.2 Å². The molecule has 1 heterocycles. The van der Waals surface area contributed by atoms with Crippen molar-refractivity contribution in [2.24, 2.45) is 11.8 Å². The van der Waals surface area contributed by atoms with Gasteiger partial charge in [0.1, 0.15) is 17.5 Å². The maximum Gasteiger partial charge on any atom is 0.306 e. The Morgan fingerprint density at radius 1 is 1.07 bits per heavy atom. The zero-order chi connectivity index (χ0) is 34.9. The number of aromatic hydroxyl groups is 1. The van der Waals surface area contributed by atoms with Crippen LogP contribution >= 0.6 is 11.3 Å². The van der Waals surface area contributed by atoms with Crippen LogP contribution in [0, 0.1) is 18.8 Å². The molecule has 0 fully saturated rings. The number of nitrogens with one attached hydrogen (secondary N) is 2. The number of aromatic nitrogens is 1. The average Bonchev–Trinajstić information content (AvgIpc) is 3.48. The molecule has 5 atom stereocenters. The van der Waals surface area contributed by atoms with E-state index in [9.17, 15) is 29.4 Å². The molecule has 0 aliphatic carbocycles. The van der Waals surface area contributed by atoms with Crippen molar-refractivity contribution in [2.75, 3.05) is 21.1 Å². The summed E-state index contributed by atoms with van der Waals surface area (Å²) in [5.74, 6) is -2.21. The number of carboxylic acids is 1. The van der Waals surface area contributed by atoms with Gasteiger partial charge in [0.2, 0.25) is 11.8 Å². The number of thiazole rings is 1. The van der Waals surface area contributed by atoms with E-state index < -0.39 is 29.5 Å². The summed E-state index contributed by atoms with van der Waals surface area (Å²) in [6.45, 7) is 13.0. The summed E-state index contributed by atoms with van der Waals surface area (Å²) in [5, 5.41) is 27.7. The van der Waals surface area contributed by atoms with Gasteiger partial charge in [-0.15, -0.1) is 11.3 Å². The predicted molar refractivity (Wildman–Crippen MR) is 181 cm³/mol. The molecule has 2 aromatic rings. The maximum absolute atomic E-state index is 13.6. The standard InChI is InChI=1S/C34H53N5O6S/c1-11-20(2)29(37-33(45)34(6,7)38(8)9)31(42)39(10)23(5)12-15-28-36-26(19-46-28)30(41)35-25(17-22(4)32(43)44)18-24-13-14-27(40)21(3)16-24/h13-14,16,19-20,22-23,25,29,40H,11-12,15,17-18H2,1-10H3,(H,35,41)(H,37,45)(H,43,44)/t20-,22-,23-,25+,29-/m0/s1. The number of nitrogens with zero attached hydrogens (tertiary/aromatic N) is 3. The van der Waals surface area contributed by atoms with Crippen molar-refractivity contribution in [3.8, 4) is 5.75 Å². The number of aliphatic carboxylic acids is 1. The number of phenols is 1. The molecular weight excluding hydrogens is 606 g/mol. The molecule has 0 spiro atoms. The van der Waals surface area contributed by atoms with Crippen LogP contribution in [0.15, 0.2) is 23.6 Å². The van der Waals surface area contributed by atoms with Crippen LogP contribution in [0.5, 0.6) is 5.75 Å². The summed E-state index contributed by atoms with van der Waals surface area (Å²) in [5.41, 5.74) is 1.06. The van der Waals surface area contributed by atoms with E-state index in [1.165, 1.54) is 11.3 Å². The zero-order valence-electron chi connectivity index (χ0n) is 29.0. The Kier molecular flexibility index (Phi) is 14.2. The van der Waals surface area contributed by atoms with Crippen molar-refractivity contribution in [1.29, 1.82) is 0 Å². The molecule has 0 unspecified atom stereocenters. The van der Waals surface area contributed by atoms with Crippen molar-refractivity contribution < 1.29 is 29.4 Å². The highest BCUT2D eigenvalue weighted by molar-refractivity contribution is 7.09. The first-order valence-corrected chi connectivity index (χ1v) is 16.8. The lowest BCUT2D eigenvalue weighted by atomic mass is 9.95. The molecule has 0 radical (unpaired) electrons. The van der Waals surface area contributed by atoms with E-state index in [0.717, 1.165) is 17.0 Å². The number of carbonyl (C=O) groups is 4. The summed E-state index contributed by atoms with van der Waals surface area (Å²) in [6.07, 6.45) is 2.54. The van der Waals surface area contributed by atoms with E-state index in [2.05, 4.69) is 15.6 Å². The van der Waals surface area contributed by atoms with Crippen LogP contribution in [0.2, 0.25) is 0 Å². The van der Waals surface area contributed by atoms with E-state index in [1.807, 2.05) is 59.7 Å². The molecule has 0 saturated heterocycles. The lowest BCUT2D eigenvalue weighted by Gasteiger charge is -2.36. The van der Waals surface area contributed by atoms with Gasteiger partial charge in [0, 0.05) is 30.9 Å². The van der Waals surface area contributed by atoms with Crippen LogP contribution in [0.1, 0.15) is 87.4 Å². The number of hydrogen-bond acceptors (Lipinski definition) is 8. The summed E-state index contributed by atoms with van der Waals surface area (Å²) < 4.78 is 0. The lowest BCUT2D eigenvalue weighted by Crippen LogP contribution is -2.59. The topological polar surface area (TPSA) is 152 Å². The molecule has 0 saturated carbocycles. The van der Waals surface area contributed by atoms with Crippen LogP contribution in [0.25, 0.3) is 0 Å². The number of carbonyl (C=O) groups excluding carboxylic acids is 3. The molecule has 0 aliphatic heterocycles. The minimum absolute atomic E-state index is 0.0514. The highest BCUT2D eigenvalue weighted by atomic mass is 32.1. The highest BCUT2D eigenvalue weighted by Gasteiger charge is 2.36. The minimum Gasteiger partial charge on any atom is -0.508 e. The number of amides is 3. The van der Waals surface area contributed by atoms with Crippen molar-refractivity contribution in [3.05, 3.63) is 45.4 Å². The van der Waals surface area contributed by atoms with Gasteiger partial charge in [-0.2, -0.15) is 0 Å². The van der Waals surface area contributed by atoms with Crippen LogP contribution < -0.4 is 10.6 Å². The van der Waals surface area contributed by atoms with Gasteiger partial charge >= 0.3 is 5.97 Å². The Morgan fingerprint density at radius 2 is 1.72 bits per heavy atom. The van der Waals surface area contributed by atoms with Crippen LogP contribution in [0.3, 0.4) is 0 Å². The number of carboxylic acid groups (broad SMARTS) is 1. The number of rotatable bonds is 17. The first-order chi connectivity index (χ1) is 21.4. The number of hydrogen-bond donors (Lipinski definition) is 4. The van der Waals surface area contributed by atoms with Gasteiger partial charge in [0.15, 0.2) is 0 Å². The van der Waals surface area contributed by atoms with E-state index >= 15 is 0 Å². The molecule has 256 valence electrons. The third-order valence-electron chi connectivity index (χ3n) is 9.15. The third-order valence-corrected chi connectivity index (χ3v) is 10.1. The second-order valence-corrected chi connectivity index (χ2v) is 14.2. The lowest BCUT2D eigenvalue weighted by molar-refractivity contribution is -0.141. The van der Waals surface area contributed by atoms with Crippen LogP contribution in [-0.4, -0.2) is 93.5 Å². The van der Waals surface area contributed by atoms with Crippen LogP contribution in [0.4, 0.5) is 0 Å². The molecule has 1 aromatic heterocycles. The smallest absolute Gasteiger partial charge is 0.306 e. The second-order valence-electron chi connectivity index (χ2n) is 13.2. The van der Waals surface area contributed by atoms with E-state index in [1.54, 1.807) is 43.3 Å². The Labute approximate surface area is 277 Å². The molecule has 4 N–H and O–H groups in total. The van der Waals surface area contributed by atoms with E-state index in [-0.39, 0.29) is 47.5 Å². The second kappa shape index (κ2) is 16.9. The number of aryl methyl sites for hydroxylation is 2. The first-order valence-electron chi connectivity index (χ1n) is 15.9. The van der Waals surface area contributed by atoms with Gasteiger partial charge in [0.05, 0.1) is 16.5 Å². The largest absolute Gasteiger partial charge is 0.508 e. The van der Waals surface area contributed by atoms with Crippen molar-refractivity contribution in [1.82, 2.24) is 25.4 Å².